The number of aliphatic hydroxyl groups is 6. The Morgan fingerprint density at radius 1 is 0.643 bits per heavy atom. The van der Waals surface area contributed by atoms with Crippen LogP contribution in [0.3, 0.4) is 0 Å². The molecule has 0 bridgehead atoms. The Morgan fingerprint density at radius 3 is 1.31 bits per heavy atom. The number of hydrogen-bond acceptors (Lipinski definition) is 16. The minimum atomic E-state index is -1.27. The molecule has 4 aliphatic heterocycles. The Bertz CT molecular complexity index is 1430. The van der Waals surface area contributed by atoms with Crippen molar-refractivity contribution in [1.29, 1.82) is 0 Å². The Labute approximate surface area is 234 Å². The zero-order valence-electron chi connectivity index (χ0n) is 22.4. The molecule has 232 valence electrons. The summed E-state index contributed by atoms with van der Waals surface area (Å²) < 4.78 is 10.8. The molecular formula is C22H32N8O12. The Hall–Kier alpha value is -3.76. The Balaban J connectivity index is 0.000000168. The number of fused-ring (bicyclic) bond motifs is 2. The summed E-state index contributed by atoms with van der Waals surface area (Å²) in [7, 11) is 3.29. The topological polar surface area (TPSA) is 284 Å². The summed E-state index contributed by atoms with van der Waals surface area (Å²) in [6.07, 6.45) is -8.84. The predicted molar refractivity (Wildman–Crippen MR) is 142 cm³/mol. The zero-order valence-corrected chi connectivity index (χ0v) is 22.4. The van der Waals surface area contributed by atoms with Gasteiger partial charge in [-0.1, -0.05) is 0 Å². The van der Waals surface area contributed by atoms with E-state index in [0.29, 0.717) is 0 Å². The molecule has 42 heavy (non-hydrogen) atoms. The van der Waals surface area contributed by atoms with Gasteiger partial charge in [-0.25, -0.2) is 9.59 Å². The van der Waals surface area contributed by atoms with Crippen molar-refractivity contribution in [2.45, 2.75) is 49.1 Å². The van der Waals surface area contributed by atoms with Crippen LogP contribution in [0.1, 0.15) is 0 Å². The van der Waals surface area contributed by atoms with Crippen molar-refractivity contribution in [1.82, 2.24) is 19.9 Å². The number of nitrogens with one attached hydrogen (secondary N) is 4. The molecule has 2 aromatic heterocycles. The second kappa shape index (κ2) is 11.1. The zero-order chi connectivity index (χ0) is 30.6. The number of aromatic amines is 4. The maximum atomic E-state index is 11.8. The second-order valence-electron chi connectivity index (χ2n) is 10.3. The highest BCUT2D eigenvalue weighted by molar-refractivity contribution is 5.72. The van der Waals surface area contributed by atoms with Crippen molar-refractivity contribution in [3.05, 3.63) is 41.7 Å². The molecule has 20 heteroatoms. The summed E-state index contributed by atoms with van der Waals surface area (Å²) in [5.74, 6) is 0.419. The molecule has 2 aromatic rings. The van der Waals surface area contributed by atoms with Crippen LogP contribution >= 0.6 is 0 Å². The van der Waals surface area contributed by atoms with Gasteiger partial charge in [0, 0.05) is 14.1 Å². The third-order valence-electron chi connectivity index (χ3n) is 7.51. The van der Waals surface area contributed by atoms with Crippen molar-refractivity contribution in [3.8, 4) is 0 Å². The van der Waals surface area contributed by atoms with Gasteiger partial charge in [0.2, 0.25) is 0 Å². The van der Waals surface area contributed by atoms with Gasteiger partial charge in [0.25, 0.3) is 11.1 Å². The normalized spacial score (nSPS) is 31.8. The average Bonchev–Trinajstić information content (AvgIpc) is 3.62. The number of nitrogens with zero attached hydrogens (tertiary/aromatic N) is 4. The van der Waals surface area contributed by atoms with E-state index in [9.17, 15) is 39.6 Å². The van der Waals surface area contributed by atoms with Gasteiger partial charge in [-0.3, -0.25) is 29.5 Å². The third kappa shape index (κ3) is 4.86. The highest BCUT2D eigenvalue weighted by Crippen LogP contribution is 2.36. The maximum absolute atomic E-state index is 11.8. The van der Waals surface area contributed by atoms with Crippen molar-refractivity contribution < 1.29 is 40.1 Å². The van der Waals surface area contributed by atoms with Gasteiger partial charge in [0.15, 0.2) is 12.5 Å². The molecule has 10 N–H and O–H groups in total. The summed E-state index contributed by atoms with van der Waals surface area (Å²) in [6.45, 7) is -0.524. The number of hydrogen-bond donors (Lipinski definition) is 10. The van der Waals surface area contributed by atoms with E-state index in [0.717, 1.165) is 0 Å². The Morgan fingerprint density at radius 2 is 1.00 bits per heavy atom. The summed E-state index contributed by atoms with van der Waals surface area (Å²) in [5.41, 5.74) is -1.97. The molecule has 2 saturated heterocycles. The van der Waals surface area contributed by atoms with Crippen molar-refractivity contribution >= 4 is 23.0 Å². The van der Waals surface area contributed by atoms with Crippen LogP contribution in [-0.4, -0.2) is 140 Å². The van der Waals surface area contributed by atoms with Crippen LogP contribution in [-0.2, 0) is 9.47 Å². The van der Waals surface area contributed by atoms with Crippen LogP contribution < -0.4 is 42.1 Å². The molecule has 0 saturated carbocycles. The van der Waals surface area contributed by atoms with E-state index < -0.39 is 84.8 Å². The largest absolute Gasteiger partial charge is 0.394 e. The smallest absolute Gasteiger partial charge is 0.327 e. The number of aromatic nitrogens is 4. The lowest BCUT2D eigenvalue weighted by atomic mass is 10.1. The molecule has 20 nitrogen and oxygen atoms in total. The van der Waals surface area contributed by atoms with E-state index in [4.69, 9.17) is 19.7 Å². The number of H-pyrrole nitrogens is 4. The number of anilines is 4. The SMILES string of the molecule is CN1CN([C@@H]2O[C@H](CO)[C@@H](O)[C@H]2O)c2[nH]c(=O)[nH]c(=O)c21.CN1CN([C@@H]2O[C@H](CO)[C@@H](O)[C@H]2O)c2[nH]c(=O)[nH]c(=O)c21. The fourth-order valence-electron chi connectivity index (χ4n) is 5.49. The van der Waals surface area contributed by atoms with Crippen LogP contribution in [0.4, 0.5) is 23.0 Å². The second-order valence-corrected chi connectivity index (χ2v) is 10.3. The molecule has 6 heterocycles. The molecule has 4 aliphatic rings. The quantitative estimate of drug-likeness (QED) is 0.156. The monoisotopic (exact) mass is 600 g/mol. The lowest BCUT2D eigenvalue weighted by Crippen LogP contribution is -2.45. The molecular weight excluding hydrogens is 568 g/mol. The van der Waals surface area contributed by atoms with Gasteiger partial charge < -0.3 is 59.7 Å². The van der Waals surface area contributed by atoms with E-state index in [1.807, 2.05) is 0 Å². The van der Waals surface area contributed by atoms with E-state index in [-0.39, 0.29) is 36.3 Å². The van der Waals surface area contributed by atoms with Gasteiger partial charge in [0.1, 0.15) is 59.6 Å². The molecule has 0 aromatic carbocycles. The molecule has 0 aliphatic carbocycles. The minimum Gasteiger partial charge on any atom is -0.394 e. The van der Waals surface area contributed by atoms with Crippen LogP contribution in [0, 0.1) is 0 Å². The molecule has 8 atom stereocenters. The lowest BCUT2D eigenvalue weighted by molar-refractivity contribution is -0.0222. The summed E-state index contributed by atoms with van der Waals surface area (Å²) in [5, 5.41) is 57.9. The fraction of sp³-hybridized carbons (Fsp3) is 0.636. The summed E-state index contributed by atoms with van der Waals surface area (Å²) in [6, 6.07) is 0. The number of aliphatic hydroxyl groups excluding tert-OH is 6. The Kier molecular flexibility index (Phi) is 7.89. The molecule has 0 radical (unpaired) electrons. The molecule has 2 fully saturated rings. The predicted octanol–water partition coefficient (Wildman–Crippen LogP) is -6.57. The first-order chi connectivity index (χ1) is 19.9. The first-order valence-corrected chi connectivity index (χ1v) is 12.8. The van der Waals surface area contributed by atoms with E-state index >= 15 is 0 Å². The number of rotatable bonds is 4. The minimum absolute atomic E-state index is 0.185. The van der Waals surface area contributed by atoms with Gasteiger partial charge in [-0.05, 0) is 0 Å². The van der Waals surface area contributed by atoms with E-state index in [1.165, 1.54) is 9.80 Å². The van der Waals surface area contributed by atoms with Gasteiger partial charge in [-0.2, -0.15) is 0 Å². The highest BCUT2D eigenvalue weighted by atomic mass is 16.6. The van der Waals surface area contributed by atoms with Crippen molar-refractivity contribution in [3.63, 3.8) is 0 Å². The van der Waals surface area contributed by atoms with Crippen LogP contribution in [0.15, 0.2) is 19.2 Å². The maximum Gasteiger partial charge on any atom is 0.327 e. The molecule has 0 amide bonds. The summed E-state index contributed by atoms with van der Waals surface area (Å²) in [4.78, 5) is 61.9. The highest BCUT2D eigenvalue weighted by Gasteiger charge is 2.49. The standard InChI is InChI=1S/2C11H16N4O6/c2*1-14-3-15(8-5(14)9(19)13-11(20)12-8)10-7(18)6(17)4(2-16)21-10/h2*4,6-7,10,16-18H,2-3H2,1H3,(H2,12,13,19,20)/t2*4-,6-,7-,10-/m11/s1. The fourth-order valence-corrected chi connectivity index (χ4v) is 5.49. The lowest BCUT2D eigenvalue weighted by Gasteiger charge is -2.27. The van der Waals surface area contributed by atoms with E-state index in [1.54, 1.807) is 23.9 Å². The van der Waals surface area contributed by atoms with Gasteiger partial charge in [0.05, 0.1) is 26.6 Å². The van der Waals surface area contributed by atoms with Crippen molar-refractivity contribution in [2.75, 3.05) is 60.2 Å². The van der Waals surface area contributed by atoms with Crippen LogP contribution in [0.2, 0.25) is 0 Å². The third-order valence-corrected chi connectivity index (χ3v) is 7.51. The van der Waals surface area contributed by atoms with Gasteiger partial charge >= 0.3 is 11.4 Å². The molecule has 0 spiro atoms. The first kappa shape index (κ1) is 29.7. The van der Waals surface area contributed by atoms with E-state index in [2.05, 4.69) is 19.9 Å². The molecule has 6 rings (SSSR count). The van der Waals surface area contributed by atoms with Crippen LogP contribution in [0.25, 0.3) is 0 Å². The molecule has 0 unspecified atom stereocenters. The summed E-state index contributed by atoms with van der Waals surface area (Å²) >= 11 is 0. The average molecular weight is 601 g/mol. The first-order valence-electron chi connectivity index (χ1n) is 12.8. The van der Waals surface area contributed by atoms with Gasteiger partial charge in [-0.15, -0.1) is 0 Å². The van der Waals surface area contributed by atoms with Crippen molar-refractivity contribution in [2.24, 2.45) is 0 Å². The van der Waals surface area contributed by atoms with Crippen LogP contribution in [0.5, 0.6) is 0 Å². The number of ether oxygens (including phenoxy) is 2.